The molecular weight excluding hydrogens is 374 g/mol. The van der Waals surface area contributed by atoms with Crippen molar-refractivity contribution in [2.45, 2.75) is 6.92 Å². The summed E-state index contributed by atoms with van der Waals surface area (Å²) < 4.78 is 8.46. The van der Waals surface area contributed by atoms with E-state index >= 15 is 0 Å². The maximum atomic E-state index is 6.24. The van der Waals surface area contributed by atoms with Gasteiger partial charge in [-0.25, -0.2) is 0 Å². The molecule has 0 fully saturated rings. The first kappa shape index (κ1) is 14.6. The lowest BCUT2D eigenvalue weighted by atomic mass is 10.2. The van der Waals surface area contributed by atoms with Crippen LogP contribution in [0.2, 0.25) is 5.02 Å². The molecule has 7 heteroatoms. The maximum absolute atomic E-state index is 6.24. The van der Waals surface area contributed by atoms with E-state index in [2.05, 4.69) is 25.9 Å². The number of methoxy groups -OCH3 is 1. The van der Waals surface area contributed by atoms with Crippen molar-refractivity contribution in [1.82, 2.24) is 14.5 Å². The Morgan fingerprint density at radius 1 is 1.38 bits per heavy atom. The Labute approximate surface area is 139 Å². The van der Waals surface area contributed by atoms with Crippen molar-refractivity contribution in [2.75, 3.05) is 7.11 Å². The van der Waals surface area contributed by atoms with E-state index in [4.69, 9.17) is 28.6 Å². The van der Waals surface area contributed by atoms with Gasteiger partial charge in [-0.1, -0.05) is 11.6 Å². The Morgan fingerprint density at radius 2 is 2.14 bits per heavy atom. The number of pyridine rings is 1. The van der Waals surface area contributed by atoms with E-state index in [-0.39, 0.29) is 0 Å². The molecule has 0 unspecified atom stereocenters. The van der Waals surface area contributed by atoms with Gasteiger partial charge in [-0.15, -0.1) is 0 Å². The van der Waals surface area contributed by atoms with Crippen molar-refractivity contribution in [3.63, 3.8) is 0 Å². The van der Waals surface area contributed by atoms with Crippen molar-refractivity contribution in [2.24, 2.45) is 0 Å². The number of rotatable bonds is 2. The zero-order chi connectivity index (χ0) is 15.1. The maximum Gasteiger partial charge on any atom is 0.215 e. The molecule has 2 aromatic heterocycles. The van der Waals surface area contributed by atoms with E-state index in [1.807, 2.05) is 29.7 Å². The number of ether oxygens (including phenoxy) is 1. The first-order valence-electron chi connectivity index (χ1n) is 6.13. The third-order valence-electron chi connectivity index (χ3n) is 3.18. The molecule has 3 aromatic rings. The monoisotopic (exact) mass is 383 g/mol. The van der Waals surface area contributed by atoms with Gasteiger partial charge in [-0.05, 0) is 58.8 Å². The highest BCUT2D eigenvalue weighted by Crippen LogP contribution is 2.30. The van der Waals surface area contributed by atoms with Gasteiger partial charge in [0.15, 0.2) is 10.4 Å². The van der Waals surface area contributed by atoms with Gasteiger partial charge in [0, 0.05) is 15.6 Å². The summed E-state index contributed by atoms with van der Waals surface area (Å²) >= 11 is 15.2. The average molecular weight is 385 g/mol. The number of halogens is 2. The summed E-state index contributed by atoms with van der Waals surface area (Å²) in [5.74, 6) is 0.527. The molecule has 0 bridgehead atoms. The molecule has 0 aliphatic carbocycles. The highest BCUT2D eigenvalue weighted by molar-refractivity contribution is 9.10. The molecule has 3 rings (SSSR count). The Morgan fingerprint density at radius 3 is 2.86 bits per heavy atom. The minimum absolute atomic E-state index is 0.527. The number of benzene rings is 1. The second-order valence-corrected chi connectivity index (χ2v) is 6.19. The van der Waals surface area contributed by atoms with Crippen molar-refractivity contribution >= 4 is 50.9 Å². The third-order valence-corrected chi connectivity index (χ3v) is 4.51. The minimum Gasteiger partial charge on any atom is -0.481 e. The fraction of sp³-hybridized carbons (Fsp3) is 0.143. The summed E-state index contributed by atoms with van der Waals surface area (Å²) in [4.78, 5) is 7.60. The molecule has 0 radical (unpaired) electrons. The van der Waals surface area contributed by atoms with E-state index in [1.54, 1.807) is 13.2 Å². The molecular formula is C14H11BrClN3OS. The molecule has 0 aliphatic rings. The van der Waals surface area contributed by atoms with Gasteiger partial charge in [0.2, 0.25) is 5.88 Å². The van der Waals surface area contributed by atoms with Crippen LogP contribution < -0.4 is 4.74 Å². The fourth-order valence-corrected chi connectivity index (χ4v) is 3.20. The zero-order valence-electron chi connectivity index (χ0n) is 11.3. The summed E-state index contributed by atoms with van der Waals surface area (Å²) in [7, 11) is 1.58. The normalized spacial score (nSPS) is 11.0. The molecule has 108 valence electrons. The molecule has 2 heterocycles. The molecule has 21 heavy (non-hydrogen) atoms. The summed E-state index contributed by atoms with van der Waals surface area (Å²) in [5.41, 5.74) is 3.36. The highest BCUT2D eigenvalue weighted by atomic mass is 79.9. The summed E-state index contributed by atoms with van der Waals surface area (Å²) in [5, 5.41) is 0.673. The number of nitrogens with zero attached hydrogens (tertiary/aromatic N) is 2. The molecule has 4 nitrogen and oxygen atoms in total. The van der Waals surface area contributed by atoms with Crippen LogP contribution in [0.1, 0.15) is 5.56 Å². The summed E-state index contributed by atoms with van der Waals surface area (Å²) in [6.07, 6.45) is 0. The van der Waals surface area contributed by atoms with Gasteiger partial charge < -0.3 is 9.72 Å². The highest BCUT2D eigenvalue weighted by Gasteiger charge is 2.13. The van der Waals surface area contributed by atoms with Crippen LogP contribution in [0.5, 0.6) is 5.88 Å². The number of H-pyrrole nitrogens is 1. The molecule has 0 saturated heterocycles. The second-order valence-electron chi connectivity index (χ2n) is 4.54. The van der Waals surface area contributed by atoms with Crippen LogP contribution in [0.15, 0.2) is 28.7 Å². The fourth-order valence-electron chi connectivity index (χ4n) is 2.11. The first-order valence-corrected chi connectivity index (χ1v) is 7.71. The van der Waals surface area contributed by atoms with Gasteiger partial charge in [0.1, 0.15) is 0 Å². The number of aromatic amines is 1. The number of aromatic nitrogens is 3. The number of aryl methyl sites for hydroxylation is 1. The zero-order valence-corrected chi connectivity index (χ0v) is 14.4. The lowest BCUT2D eigenvalue weighted by Gasteiger charge is -2.09. The topological polar surface area (TPSA) is 42.8 Å². The number of fused-ring (bicyclic) bond motifs is 1. The van der Waals surface area contributed by atoms with Crippen LogP contribution in [0, 0.1) is 11.7 Å². The smallest absolute Gasteiger partial charge is 0.215 e. The van der Waals surface area contributed by atoms with Crippen LogP contribution in [0.4, 0.5) is 0 Å². The molecule has 1 N–H and O–H groups in total. The van der Waals surface area contributed by atoms with Crippen LogP contribution in [-0.2, 0) is 0 Å². The average Bonchev–Trinajstić information content (AvgIpc) is 2.78. The Kier molecular flexibility index (Phi) is 3.77. The summed E-state index contributed by atoms with van der Waals surface area (Å²) in [6, 6.07) is 7.50. The standard InChI is InChI=1S/C14H11BrClN3OS/c1-7-5-8(15)11(6-9(7)16)19-13-10(17-14(19)21)3-4-12(18-13)20-2/h3-6H,1-2H3,(H,17,21). The van der Waals surface area contributed by atoms with Crippen molar-refractivity contribution in [3.8, 4) is 11.6 Å². The molecule has 0 spiro atoms. The van der Waals surface area contributed by atoms with Crippen molar-refractivity contribution in [3.05, 3.63) is 44.1 Å². The SMILES string of the molecule is COc1ccc2[nH]c(=S)n(-c3cc(Cl)c(C)cc3Br)c2n1. The third kappa shape index (κ3) is 2.47. The van der Waals surface area contributed by atoms with Gasteiger partial charge in [-0.2, -0.15) is 4.98 Å². The number of hydrogen-bond donors (Lipinski definition) is 1. The molecule has 0 atom stereocenters. The Bertz CT molecular complexity index is 903. The van der Waals surface area contributed by atoms with Gasteiger partial charge in [-0.3, -0.25) is 4.57 Å². The summed E-state index contributed by atoms with van der Waals surface area (Å²) in [6.45, 7) is 1.95. The quantitative estimate of drug-likeness (QED) is 0.644. The minimum atomic E-state index is 0.527. The number of hydrogen-bond acceptors (Lipinski definition) is 3. The molecule has 0 aliphatic heterocycles. The predicted molar refractivity (Wildman–Crippen MR) is 90.3 cm³/mol. The Balaban J connectivity index is 2.36. The Hall–Kier alpha value is -1.37. The van der Waals surface area contributed by atoms with Crippen LogP contribution in [-0.4, -0.2) is 21.6 Å². The van der Waals surface area contributed by atoms with Crippen LogP contribution in [0.25, 0.3) is 16.9 Å². The number of imidazole rings is 1. The second kappa shape index (κ2) is 5.44. The van der Waals surface area contributed by atoms with Gasteiger partial charge in [0.25, 0.3) is 0 Å². The molecule has 0 amide bonds. The van der Waals surface area contributed by atoms with E-state index in [0.717, 1.165) is 21.2 Å². The number of nitrogens with one attached hydrogen (secondary N) is 1. The predicted octanol–water partition coefficient (Wildman–Crippen LogP) is 4.82. The van der Waals surface area contributed by atoms with E-state index < -0.39 is 0 Å². The van der Waals surface area contributed by atoms with Crippen molar-refractivity contribution in [1.29, 1.82) is 0 Å². The molecule has 1 aromatic carbocycles. The van der Waals surface area contributed by atoms with E-state index in [1.165, 1.54) is 0 Å². The largest absolute Gasteiger partial charge is 0.481 e. The van der Waals surface area contributed by atoms with Gasteiger partial charge >= 0.3 is 0 Å². The van der Waals surface area contributed by atoms with Crippen molar-refractivity contribution < 1.29 is 4.74 Å². The lowest BCUT2D eigenvalue weighted by Crippen LogP contribution is -1.98. The van der Waals surface area contributed by atoms with Crippen LogP contribution in [0.3, 0.4) is 0 Å². The van der Waals surface area contributed by atoms with Crippen LogP contribution >= 0.6 is 39.7 Å². The molecule has 0 saturated carbocycles. The first-order chi connectivity index (χ1) is 10.0. The van der Waals surface area contributed by atoms with E-state index in [9.17, 15) is 0 Å². The lowest BCUT2D eigenvalue weighted by molar-refractivity contribution is 0.399. The van der Waals surface area contributed by atoms with Gasteiger partial charge in [0.05, 0.1) is 18.3 Å². The van der Waals surface area contributed by atoms with E-state index in [0.29, 0.717) is 21.3 Å².